The smallest absolute Gasteiger partial charge is 0.307 e. The molecule has 1 aliphatic rings. The van der Waals surface area contributed by atoms with E-state index in [0.717, 1.165) is 17.7 Å². The lowest BCUT2D eigenvalue weighted by Crippen LogP contribution is -2.38. The molecule has 1 aliphatic heterocycles. The fraction of sp³-hybridized carbons (Fsp3) is 0.300. The predicted octanol–water partition coefficient (Wildman–Crippen LogP) is 2.37. The number of sulfone groups is 1. The van der Waals surface area contributed by atoms with Gasteiger partial charge in [-0.15, -0.1) is 0 Å². The van der Waals surface area contributed by atoms with Crippen molar-refractivity contribution in [2.24, 2.45) is 0 Å². The molecule has 142 valence electrons. The summed E-state index contributed by atoms with van der Waals surface area (Å²) in [6, 6.07) is 15.5. The van der Waals surface area contributed by atoms with Gasteiger partial charge in [0.25, 0.3) is 5.91 Å². The van der Waals surface area contributed by atoms with Crippen LogP contribution in [0.25, 0.3) is 0 Å². The maximum atomic E-state index is 12.5. The van der Waals surface area contributed by atoms with E-state index in [9.17, 15) is 18.0 Å². The molecule has 0 bridgehead atoms. The van der Waals surface area contributed by atoms with E-state index in [4.69, 9.17) is 4.74 Å². The molecule has 0 saturated carbocycles. The second-order valence-electron chi connectivity index (χ2n) is 6.49. The van der Waals surface area contributed by atoms with Gasteiger partial charge in [-0.2, -0.15) is 0 Å². The van der Waals surface area contributed by atoms with Crippen LogP contribution in [-0.4, -0.2) is 38.7 Å². The molecule has 0 fully saturated rings. The summed E-state index contributed by atoms with van der Waals surface area (Å²) >= 11 is 0. The van der Waals surface area contributed by atoms with Gasteiger partial charge in [-0.1, -0.05) is 36.4 Å². The number of hydrogen-bond donors (Lipinski definition) is 0. The molecule has 1 unspecified atom stereocenters. The molecule has 0 saturated heterocycles. The first-order chi connectivity index (χ1) is 12.9. The van der Waals surface area contributed by atoms with Crippen LogP contribution >= 0.6 is 0 Å². The van der Waals surface area contributed by atoms with E-state index in [-0.39, 0.29) is 29.0 Å². The third-order valence-corrected chi connectivity index (χ3v) is 6.24. The molecule has 0 N–H and O–H groups in total. The maximum absolute atomic E-state index is 12.5. The summed E-state index contributed by atoms with van der Waals surface area (Å²) in [6.07, 6.45) is 0.460. The highest BCUT2D eigenvalue weighted by atomic mass is 32.2. The molecule has 2 aromatic rings. The van der Waals surface area contributed by atoms with Crippen molar-refractivity contribution in [1.82, 2.24) is 0 Å². The Kier molecular flexibility index (Phi) is 5.60. The van der Waals surface area contributed by atoms with E-state index in [1.165, 1.54) is 12.1 Å². The highest BCUT2D eigenvalue weighted by Crippen LogP contribution is 2.31. The largest absolute Gasteiger partial charge is 0.456 e. The van der Waals surface area contributed by atoms with Gasteiger partial charge in [-0.25, -0.2) is 8.42 Å². The summed E-state index contributed by atoms with van der Waals surface area (Å²) < 4.78 is 29.4. The minimum atomic E-state index is -3.55. The van der Waals surface area contributed by atoms with Crippen LogP contribution < -0.4 is 4.90 Å². The van der Waals surface area contributed by atoms with Crippen molar-refractivity contribution in [3.05, 3.63) is 60.2 Å². The lowest BCUT2D eigenvalue weighted by atomic mass is 10.1. The molecule has 0 radical (unpaired) electrons. The van der Waals surface area contributed by atoms with Crippen LogP contribution in [0.5, 0.6) is 0 Å². The van der Waals surface area contributed by atoms with Crippen LogP contribution in [0.3, 0.4) is 0 Å². The number of para-hydroxylation sites is 1. The number of ether oxygens (including phenoxy) is 1. The van der Waals surface area contributed by atoms with Gasteiger partial charge in [0.1, 0.15) is 0 Å². The number of rotatable bonds is 6. The number of fused-ring (bicyclic) bond motifs is 1. The normalized spacial score (nSPS) is 16.0. The molecule has 27 heavy (non-hydrogen) atoms. The molecule has 1 atom stereocenters. The highest BCUT2D eigenvalue weighted by molar-refractivity contribution is 7.91. The molecule has 0 aliphatic carbocycles. The summed E-state index contributed by atoms with van der Waals surface area (Å²) in [5, 5.41) is 0. The Bertz CT molecular complexity index is 940. The number of carbonyl (C=O) groups is 2. The Labute approximate surface area is 158 Å². The second kappa shape index (κ2) is 7.92. The van der Waals surface area contributed by atoms with Gasteiger partial charge in [0.15, 0.2) is 16.4 Å². The number of carbonyl (C=O) groups excluding carboxylic acids is 2. The number of amides is 1. The van der Waals surface area contributed by atoms with Crippen LogP contribution in [0.15, 0.2) is 59.5 Å². The first-order valence-electron chi connectivity index (χ1n) is 8.72. The monoisotopic (exact) mass is 387 g/mol. The van der Waals surface area contributed by atoms with E-state index in [0.29, 0.717) is 0 Å². The summed E-state index contributed by atoms with van der Waals surface area (Å²) in [4.78, 5) is 26.2. The number of hydrogen-bond acceptors (Lipinski definition) is 5. The first kappa shape index (κ1) is 19.1. The Hall–Kier alpha value is -2.67. The molecule has 1 heterocycles. The Morgan fingerprint density at radius 3 is 2.48 bits per heavy atom. The van der Waals surface area contributed by atoms with Gasteiger partial charge in [-0.3, -0.25) is 9.59 Å². The van der Waals surface area contributed by atoms with Crippen LogP contribution in [-0.2, 0) is 30.6 Å². The minimum absolute atomic E-state index is 0.00735. The number of nitrogens with zero attached hydrogens (tertiary/aromatic N) is 1. The third kappa shape index (κ3) is 4.36. The fourth-order valence-electron chi connectivity index (χ4n) is 3.19. The van der Waals surface area contributed by atoms with E-state index in [1.54, 1.807) is 23.1 Å². The number of esters is 1. The second-order valence-corrected chi connectivity index (χ2v) is 8.60. The average molecular weight is 387 g/mol. The lowest BCUT2D eigenvalue weighted by Gasteiger charge is -2.22. The van der Waals surface area contributed by atoms with Crippen molar-refractivity contribution < 1.29 is 22.7 Å². The van der Waals surface area contributed by atoms with Crippen LogP contribution in [0.2, 0.25) is 0 Å². The van der Waals surface area contributed by atoms with E-state index in [2.05, 4.69) is 0 Å². The van der Waals surface area contributed by atoms with E-state index in [1.807, 2.05) is 31.2 Å². The van der Waals surface area contributed by atoms with Gasteiger partial charge in [-0.05, 0) is 37.1 Å². The van der Waals surface area contributed by atoms with Gasteiger partial charge in [0.2, 0.25) is 0 Å². The summed E-state index contributed by atoms with van der Waals surface area (Å²) in [7, 11) is -3.55. The summed E-state index contributed by atoms with van der Waals surface area (Å²) in [5.41, 5.74) is 1.91. The van der Waals surface area contributed by atoms with Gasteiger partial charge >= 0.3 is 5.97 Å². The molecule has 6 nitrogen and oxygen atoms in total. The maximum Gasteiger partial charge on any atom is 0.307 e. The topological polar surface area (TPSA) is 80.8 Å². The molecule has 3 rings (SSSR count). The van der Waals surface area contributed by atoms with E-state index < -0.39 is 22.4 Å². The van der Waals surface area contributed by atoms with Crippen molar-refractivity contribution in [3.8, 4) is 0 Å². The molecule has 1 amide bonds. The summed E-state index contributed by atoms with van der Waals surface area (Å²) in [6.45, 7) is 1.54. The molecule has 2 aromatic carbocycles. The predicted molar refractivity (Wildman–Crippen MR) is 101 cm³/mol. The molecule has 0 aromatic heterocycles. The standard InChI is InChI=1S/C20H21NO5S/c1-15-13-16-7-5-6-10-18(16)21(15)19(22)14-26-20(23)11-12-27(24,25)17-8-3-2-4-9-17/h2-10,15H,11-14H2,1H3. The zero-order valence-electron chi connectivity index (χ0n) is 15.0. The first-order valence-corrected chi connectivity index (χ1v) is 10.4. The quantitative estimate of drug-likeness (QED) is 0.711. The highest BCUT2D eigenvalue weighted by Gasteiger charge is 2.31. The Morgan fingerprint density at radius 2 is 1.74 bits per heavy atom. The van der Waals surface area contributed by atoms with Crippen LogP contribution in [0.4, 0.5) is 5.69 Å². The molecule has 0 spiro atoms. The number of anilines is 1. The van der Waals surface area contributed by atoms with Crippen molar-refractivity contribution in [2.45, 2.75) is 30.7 Å². The zero-order chi connectivity index (χ0) is 19.4. The van der Waals surface area contributed by atoms with Gasteiger partial charge in [0, 0.05) is 11.7 Å². The fourth-order valence-corrected chi connectivity index (χ4v) is 4.44. The Morgan fingerprint density at radius 1 is 1.07 bits per heavy atom. The zero-order valence-corrected chi connectivity index (χ0v) is 15.8. The van der Waals surface area contributed by atoms with Crippen molar-refractivity contribution in [3.63, 3.8) is 0 Å². The SMILES string of the molecule is CC1Cc2ccccc2N1C(=O)COC(=O)CCS(=O)(=O)c1ccccc1. The van der Waals surface area contributed by atoms with E-state index >= 15 is 0 Å². The number of benzene rings is 2. The molecular formula is C20H21NO5S. The lowest BCUT2D eigenvalue weighted by molar-refractivity contribution is -0.147. The minimum Gasteiger partial charge on any atom is -0.456 e. The van der Waals surface area contributed by atoms with Crippen molar-refractivity contribution in [1.29, 1.82) is 0 Å². The molecule has 7 heteroatoms. The van der Waals surface area contributed by atoms with Crippen LogP contribution in [0, 0.1) is 0 Å². The van der Waals surface area contributed by atoms with Gasteiger partial charge in [0.05, 0.1) is 17.1 Å². The average Bonchev–Trinajstić information content (AvgIpc) is 3.01. The van der Waals surface area contributed by atoms with Gasteiger partial charge < -0.3 is 9.64 Å². The van der Waals surface area contributed by atoms with Crippen molar-refractivity contribution >= 4 is 27.4 Å². The summed E-state index contributed by atoms with van der Waals surface area (Å²) in [5.74, 6) is -1.37. The third-order valence-electron chi connectivity index (χ3n) is 4.51. The molecular weight excluding hydrogens is 366 g/mol. The van der Waals surface area contributed by atoms with Crippen molar-refractivity contribution in [2.75, 3.05) is 17.3 Å². The Balaban J connectivity index is 1.53. The van der Waals surface area contributed by atoms with Crippen LogP contribution in [0.1, 0.15) is 18.9 Å².